The van der Waals surface area contributed by atoms with Crippen LogP contribution in [0, 0.1) is 0 Å². The van der Waals surface area contributed by atoms with Crippen LogP contribution in [0.15, 0.2) is 48.5 Å². The van der Waals surface area contributed by atoms with Crippen molar-refractivity contribution >= 4 is 17.1 Å². The van der Waals surface area contributed by atoms with Gasteiger partial charge in [0, 0.05) is 31.2 Å². The second-order valence-corrected chi connectivity index (χ2v) is 4.21. The maximum absolute atomic E-state index is 5.07. The van der Waals surface area contributed by atoms with E-state index in [0.29, 0.717) is 5.75 Å². The highest BCUT2D eigenvalue weighted by Crippen LogP contribution is 2.21. The van der Waals surface area contributed by atoms with E-state index < -0.39 is 0 Å². The molecule has 0 aromatic heterocycles. The molecule has 0 atom stereocenters. The summed E-state index contributed by atoms with van der Waals surface area (Å²) < 4.78 is 0. The van der Waals surface area contributed by atoms with E-state index in [1.54, 1.807) is 0 Å². The summed E-state index contributed by atoms with van der Waals surface area (Å²) in [7, 11) is 4.04. The zero-order valence-corrected chi connectivity index (χ0v) is 10.6. The molecule has 0 bridgehead atoms. The minimum absolute atomic E-state index is 0.642. The first-order chi connectivity index (χ1) is 8.69. The molecule has 4 nitrogen and oxygen atoms in total. The van der Waals surface area contributed by atoms with Crippen LogP contribution in [0.1, 0.15) is 0 Å². The quantitative estimate of drug-likeness (QED) is 0.811. The molecule has 0 aliphatic heterocycles. The average molecular weight is 243 g/mol. The Bertz CT molecular complexity index is 491. The van der Waals surface area contributed by atoms with E-state index >= 15 is 0 Å². The largest absolute Gasteiger partial charge is 0.412 e. The van der Waals surface area contributed by atoms with Crippen molar-refractivity contribution in [1.29, 1.82) is 0 Å². The number of nitrogens with two attached hydrogens (primary N) is 1. The van der Waals surface area contributed by atoms with Crippen molar-refractivity contribution in [2.75, 3.05) is 24.3 Å². The lowest BCUT2D eigenvalue weighted by Gasteiger charge is -2.13. The molecule has 3 N–H and O–H groups in total. The molecule has 18 heavy (non-hydrogen) atoms. The van der Waals surface area contributed by atoms with Gasteiger partial charge in [-0.2, -0.15) is 5.90 Å². The van der Waals surface area contributed by atoms with E-state index in [1.807, 2.05) is 50.5 Å². The van der Waals surface area contributed by atoms with Crippen LogP contribution in [0.4, 0.5) is 17.1 Å². The van der Waals surface area contributed by atoms with Crippen LogP contribution in [0.3, 0.4) is 0 Å². The van der Waals surface area contributed by atoms with E-state index in [9.17, 15) is 0 Å². The van der Waals surface area contributed by atoms with Gasteiger partial charge < -0.3 is 15.1 Å². The van der Waals surface area contributed by atoms with Gasteiger partial charge in [0.15, 0.2) is 0 Å². The third kappa shape index (κ3) is 2.93. The number of nitrogens with one attached hydrogen (secondary N) is 1. The first kappa shape index (κ1) is 12.3. The van der Waals surface area contributed by atoms with Crippen LogP contribution in [0.2, 0.25) is 0 Å². The maximum Gasteiger partial charge on any atom is 0.146 e. The Morgan fingerprint density at radius 1 is 0.889 bits per heavy atom. The lowest BCUT2D eigenvalue weighted by atomic mass is 10.2. The third-order valence-electron chi connectivity index (χ3n) is 2.66. The minimum atomic E-state index is 0.642. The predicted octanol–water partition coefficient (Wildman–Crippen LogP) is 2.75. The van der Waals surface area contributed by atoms with Crippen LogP contribution in [0.5, 0.6) is 5.75 Å². The van der Waals surface area contributed by atoms with Crippen LogP contribution >= 0.6 is 0 Å². The van der Waals surface area contributed by atoms with Crippen molar-refractivity contribution < 1.29 is 4.84 Å². The second kappa shape index (κ2) is 5.42. The van der Waals surface area contributed by atoms with E-state index in [-0.39, 0.29) is 0 Å². The molecule has 0 amide bonds. The summed E-state index contributed by atoms with van der Waals surface area (Å²) in [5.41, 5.74) is 3.21. The summed E-state index contributed by atoms with van der Waals surface area (Å²) in [6.45, 7) is 0. The Morgan fingerprint density at radius 2 is 1.39 bits per heavy atom. The van der Waals surface area contributed by atoms with Gasteiger partial charge in [-0.1, -0.05) is 0 Å². The van der Waals surface area contributed by atoms with Gasteiger partial charge in [0.25, 0.3) is 0 Å². The molecule has 2 aromatic carbocycles. The van der Waals surface area contributed by atoms with Crippen LogP contribution in [0.25, 0.3) is 0 Å². The fourth-order valence-corrected chi connectivity index (χ4v) is 1.63. The molecule has 94 valence electrons. The summed E-state index contributed by atoms with van der Waals surface area (Å²) in [4.78, 5) is 6.69. The van der Waals surface area contributed by atoms with Crippen molar-refractivity contribution in [3.8, 4) is 5.75 Å². The first-order valence-electron chi connectivity index (χ1n) is 5.70. The molecule has 0 fully saturated rings. The van der Waals surface area contributed by atoms with Gasteiger partial charge in [-0.15, -0.1) is 0 Å². The van der Waals surface area contributed by atoms with E-state index in [1.165, 1.54) is 5.69 Å². The van der Waals surface area contributed by atoms with Crippen LogP contribution in [-0.2, 0) is 0 Å². The van der Waals surface area contributed by atoms with Gasteiger partial charge in [-0.25, -0.2) is 0 Å². The Balaban J connectivity index is 2.08. The van der Waals surface area contributed by atoms with Crippen LogP contribution in [-0.4, -0.2) is 14.1 Å². The summed E-state index contributed by atoms with van der Waals surface area (Å²) in [5.74, 6) is 5.71. The van der Waals surface area contributed by atoms with Gasteiger partial charge >= 0.3 is 0 Å². The second-order valence-electron chi connectivity index (χ2n) is 4.21. The van der Waals surface area contributed by atoms with Gasteiger partial charge in [0.05, 0.1) is 0 Å². The monoisotopic (exact) mass is 243 g/mol. The highest BCUT2D eigenvalue weighted by atomic mass is 16.6. The zero-order valence-electron chi connectivity index (χ0n) is 10.6. The molecular formula is C14H17N3O. The Morgan fingerprint density at radius 3 is 1.83 bits per heavy atom. The highest BCUT2D eigenvalue weighted by molar-refractivity contribution is 5.63. The Hall–Kier alpha value is -2.20. The lowest BCUT2D eigenvalue weighted by molar-refractivity contribution is 0.334. The summed E-state index contributed by atoms with van der Waals surface area (Å²) in [6.07, 6.45) is 0. The molecular weight excluding hydrogens is 226 g/mol. The van der Waals surface area contributed by atoms with E-state index in [2.05, 4.69) is 27.2 Å². The number of nitrogens with zero attached hydrogens (tertiary/aromatic N) is 1. The van der Waals surface area contributed by atoms with Crippen molar-refractivity contribution in [3.05, 3.63) is 48.5 Å². The van der Waals surface area contributed by atoms with Crippen molar-refractivity contribution in [2.24, 2.45) is 5.90 Å². The smallest absolute Gasteiger partial charge is 0.146 e. The van der Waals surface area contributed by atoms with Crippen molar-refractivity contribution in [2.45, 2.75) is 0 Å². The molecule has 0 radical (unpaired) electrons. The molecule has 0 aliphatic rings. The van der Waals surface area contributed by atoms with Gasteiger partial charge in [-0.05, 0) is 48.5 Å². The molecule has 0 heterocycles. The number of benzene rings is 2. The van der Waals surface area contributed by atoms with Gasteiger partial charge in [0.1, 0.15) is 5.75 Å². The summed E-state index contributed by atoms with van der Waals surface area (Å²) in [5, 5.41) is 3.31. The van der Waals surface area contributed by atoms with Gasteiger partial charge in [-0.3, -0.25) is 0 Å². The molecule has 0 aliphatic carbocycles. The topological polar surface area (TPSA) is 50.5 Å². The predicted molar refractivity (Wildman–Crippen MR) is 75.3 cm³/mol. The lowest BCUT2D eigenvalue weighted by Crippen LogP contribution is -2.08. The minimum Gasteiger partial charge on any atom is -0.412 e. The number of hydrogen-bond acceptors (Lipinski definition) is 4. The molecule has 0 saturated heterocycles. The van der Waals surface area contributed by atoms with Crippen molar-refractivity contribution in [1.82, 2.24) is 0 Å². The third-order valence-corrected chi connectivity index (χ3v) is 2.66. The van der Waals surface area contributed by atoms with Crippen LogP contribution < -0.4 is 21.0 Å². The molecule has 0 saturated carbocycles. The van der Waals surface area contributed by atoms with Gasteiger partial charge in [0.2, 0.25) is 0 Å². The molecule has 0 unspecified atom stereocenters. The maximum atomic E-state index is 5.07. The Kier molecular flexibility index (Phi) is 3.69. The molecule has 0 spiro atoms. The number of rotatable bonds is 4. The normalized spacial score (nSPS) is 9.94. The summed E-state index contributed by atoms with van der Waals surface area (Å²) in [6, 6.07) is 15.7. The highest BCUT2D eigenvalue weighted by Gasteiger charge is 1.98. The molecule has 2 rings (SSSR count). The number of hydrogen-bond donors (Lipinski definition) is 2. The fraction of sp³-hybridized carbons (Fsp3) is 0.143. The molecule has 4 heteroatoms. The zero-order chi connectivity index (χ0) is 13.0. The van der Waals surface area contributed by atoms with E-state index in [4.69, 9.17) is 5.90 Å². The SMILES string of the molecule is CN(C)c1ccc(Nc2ccc(ON)cc2)cc1. The summed E-state index contributed by atoms with van der Waals surface area (Å²) >= 11 is 0. The Labute approximate surface area is 107 Å². The molecule has 2 aromatic rings. The fourth-order valence-electron chi connectivity index (χ4n) is 1.63. The standard InChI is InChI=1S/C14H17N3O/c1-17(2)13-7-3-11(4-8-13)16-12-5-9-14(18-15)10-6-12/h3-10,16H,15H2,1-2H3. The van der Waals surface area contributed by atoms with E-state index in [0.717, 1.165) is 11.4 Å². The first-order valence-corrected chi connectivity index (χ1v) is 5.70. The average Bonchev–Trinajstić information content (AvgIpc) is 2.40. The van der Waals surface area contributed by atoms with Crippen molar-refractivity contribution in [3.63, 3.8) is 0 Å². The number of anilines is 3.